The Hall–Kier alpha value is -2.96. The number of halogens is 3. The molecule has 1 heterocycles. The van der Waals surface area contributed by atoms with Crippen molar-refractivity contribution in [2.45, 2.75) is 6.18 Å². The van der Waals surface area contributed by atoms with E-state index in [4.69, 9.17) is 4.74 Å². The lowest BCUT2D eigenvalue weighted by Crippen LogP contribution is -2.12. The molecule has 0 saturated heterocycles. The maximum Gasteiger partial charge on any atom is 0.416 e. The summed E-state index contributed by atoms with van der Waals surface area (Å²) < 4.78 is 43.3. The summed E-state index contributed by atoms with van der Waals surface area (Å²) in [5.74, 6) is 0.0732. The highest BCUT2D eigenvalue weighted by atomic mass is 19.4. The Bertz CT molecular complexity index is 900. The second-order valence-electron chi connectivity index (χ2n) is 5.15. The summed E-state index contributed by atoms with van der Waals surface area (Å²) in [6, 6.07) is 9.69. The summed E-state index contributed by atoms with van der Waals surface area (Å²) in [7, 11) is 1.51. The number of hydrogen-bond donors (Lipinski definition) is 2. The molecule has 0 aliphatic rings. The Labute approximate surface area is 135 Å². The van der Waals surface area contributed by atoms with Crippen LogP contribution in [0.5, 0.6) is 5.75 Å². The van der Waals surface area contributed by atoms with Crippen LogP contribution in [0, 0.1) is 0 Å². The van der Waals surface area contributed by atoms with Gasteiger partial charge in [-0.3, -0.25) is 4.79 Å². The molecule has 7 heteroatoms. The van der Waals surface area contributed by atoms with Crippen molar-refractivity contribution in [2.75, 3.05) is 12.4 Å². The Morgan fingerprint density at radius 3 is 2.67 bits per heavy atom. The van der Waals surface area contributed by atoms with Gasteiger partial charge in [-0.25, -0.2) is 0 Å². The largest absolute Gasteiger partial charge is 0.497 e. The number of anilines is 1. The van der Waals surface area contributed by atoms with Crippen LogP contribution in [0.2, 0.25) is 0 Å². The van der Waals surface area contributed by atoms with Crippen LogP contribution in [0.15, 0.2) is 48.7 Å². The maximum absolute atomic E-state index is 12.7. The van der Waals surface area contributed by atoms with Crippen molar-refractivity contribution in [1.82, 2.24) is 4.98 Å². The topological polar surface area (TPSA) is 54.1 Å². The molecule has 0 atom stereocenters. The fourth-order valence-electron chi connectivity index (χ4n) is 2.39. The molecule has 0 radical (unpaired) electrons. The van der Waals surface area contributed by atoms with Gasteiger partial charge in [0.1, 0.15) is 5.75 Å². The van der Waals surface area contributed by atoms with Gasteiger partial charge in [0.05, 0.1) is 18.2 Å². The first-order chi connectivity index (χ1) is 11.4. The van der Waals surface area contributed by atoms with Gasteiger partial charge in [-0.2, -0.15) is 13.2 Å². The van der Waals surface area contributed by atoms with E-state index in [1.54, 1.807) is 18.2 Å². The van der Waals surface area contributed by atoms with Crippen LogP contribution in [0.4, 0.5) is 18.9 Å². The Morgan fingerprint density at radius 2 is 1.96 bits per heavy atom. The van der Waals surface area contributed by atoms with Crippen molar-refractivity contribution in [3.63, 3.8) is 0 Å². The van der Waals surface area contributed by atoms with Crippen molar-refractivity contribution < 1.29 is 22.7 Å². The zero-order chi connectivity index (χ0) is 17.3. The van der Waals surface area contributed by atoms with E-state index < -0.39 is 17.6 Å². The molecule has 4 nitrogen and oxygen atoms in total. The Morgan fingerprint density at radius 1 is 1.17 bits per heavy atom. The number of methoxy groups -OCH3 is 1. The highest BCUT2D eigenvalue weighted by Crippen LogP contribution is 2.31. The minimum Gasteiger partial charge on any atom is -0.497 e. The number of hydrogen-bond acceptors (Lipinski definition) is 2. The SMILES string of the molecule is COc1ccc2[nH]cc(C(=O)Nc3cccc(C(F)(F)F)c3)c2c1. The van der Waals surface area contributed by atoms with Gasteiger partial charge < -0.3 is 15.0 Å². The third-order valence-corrected chi connectivity index (χ3v) is 3.58. The van der Waals surface area contributed by atoms with Crippen LogP contribution in [0.3, 0.4) is 0 Å². The molecule has 124 valence electrons. The van der Waals surface area contributed by atoms with Crippen molar-refractivity contribution in [1.29, 1.82) is 0 Å². The van der Waals surface area contributed by atoms with Crippen molar-refractivity contribution >= 4 is 22.5 Å². The monoisotopic (exact) mass is 334 g/mol. The highest BCUT2D eigenvalue weighted by molar-refractivity contribution is 6.13. The van der Waals surface area contributed by atoms with E-state index in [9.17, 15) is 18.0 Å². The lowest BCUT2D eigenvalue weighted by molar-refractivity contribution is -0.137. The Balaban J connectivity index is 1.90. The normalized spacial score (nSPS) is 11.5. The molecule has 0 unspecified atom stereocenters. The number of amides is 1. The van der Waals surface area contributed by atoms with E-state index in [-0.39, 0.29) is 5.69 Å². The highest BCUT2D eigenvalue weighted by Gasteiger charge is 2.30. The van der Waals surface area contributed by atoms with Gasteiger partial charge in [-0.15, -0.1) is 0 Å². The number of nitrogens with one attached hydrogen (secondary N) is 2. The van der Waals surface area contributed by atoms with Crippen LogP contribution in [-0.2, 0) is 6.18 Å². The van der Waals surface area contributed by atoms with Crippen LogP contribution < -0.4 is 10.1 Å². The zero-order valence-electron chi connectivity index (χ0n) is 12.6. The van der Waals surface area contributed by atoms with Gasteiger partial charge >= 0.3 is 6.18 Å². The molecular formula is C17H13F3N2O2. The molecule has 1 amide bonds. The van der Waals surface area contributed by atoms with Crippen molar-refractivity contribution in [3.8, 4) is 5.75 Å². The predicted molar refractivity (Wildman–Crippen MR) is 84.2 cm³/mol. The molecular weight excluding hydrogens is 321 g/mol. The first kappa shape index (κ1) is 15.9. The predicted octanol–water partition coefficient (Wildman–Crippen LogP) is 4.45. The molecule has 3 rings (SSSR count). The fraction of sp³-hybridized carbons (Fsp3) is 0.118. The number of fused-ring (bicyclic) bond motifs is 1. The number of rotatable bonds is 3. The number of H-pyrrole nitrogens is 1. The second-order valence-corrected chi connectivity index (χ2v) is 5.15. The first-order valence-electron chi connectivity index (χ1n) is 7.02. The molecule has 3 aromatic rings. The number of carbonyl (C=O) groups is 1. The quantitative estimate of drug-likeness (QED) is 0.744. The minimum atomic E-state index is -4.46. The summed E-state index contributed by atoms with van der Waals surface area (Å²) in [6.07, 6.45) is -2.96. The molecule has 24 heavy (non-hydrogen) atoms. The van der Waals surface area contributed by atoms with Gasteiger partial charge in [0.15, 0.2) is 0 Å². The van der Waals surface area contributed by atoms with Gasteiger partial charge in [-0.05, 0) is 36.4 Å². The zero-order valence-corrected chi connectivity index (χ0v) is 12.6. The lowest BCUT2D eigenvalue weighted by atomic mass is 10.1. The molecule has 0 spiro atoms. The summed E-state index contributed by atoms with van der Waals surface area (Å²) in [4.78, 5) is 15.3. The van der Waals surface area contributed by atoms with Gasteiger partial charge in [0.2, 0.25) is 0 Å². The second kappa shape index (κ2) is 5.92. The molecule has 2 aromatic carbocycles. The van der Waals surface area contributed by atoms with E-state index in [0.717, 1.165) is 17.6 Å². The third-order valence-electron chi connectivity index (χ3n) is 3.58. The molecule has 0 aliphatic carbocycles. The van der Waals surface area contributed by atoms with Crippen LogP contribution >= 0.6 is 0 Å². The maximum atomic E-state index is 12.7. The fourth-order valence-corrected chi connectivity index (χ4v) is 2.39. The molecule has 2 N–H and O–H groups in total. The number of alkyl halides is 3. The van der Waals surface area contributed by atoms with Gasteiger partial charge in [0, 0.05) is 22.8 Å². The number of aromatic nitrogens is 1. The van der Waals surface area contributed by atoms with Crippen molar-refractivity contribution in [2.24, 2.45) is 0 Å². The lowest BCUT2D eigenvalue weighted by Gasteiger charge is -2.09. The van der Waals surface area contributed by atoms with E-state index in [1.807, 2.05) is 0 Å². The van der Waals surface area contributed by atoms with E-state index in [0.29, 0.717) is 16.7 Å². The van der Waals surface area contributed by atoms with Gasteiger partial charge in [0.25, 0.3) is 5.91 Å². The first-order valence-corrected chi connectivity index (χ1v) is 7.02. The van der Waals surface area contributed by atoms with Crippen LogP contribution in [0.1, 0.15) is 15.9 Å². The van der Waals surface area contributed by atoms with E-state index in [2.05, 4.69) is 10.3 Å². The summed E-state index contributed by atoms with van der Waals surface area (Å²) >= 11 is 0. The van der Waals surface area contributed by atoms with Crippen molar-refractivity contribution in [3.05, 3.63) is 59.8 Å². The standard InChI is InChI=1S/C17H13F3N2O2/c1-24-12-5-6-15-13(8-12)14(9-21-15)16(23)22-11-4-2-3-10(7-11)17(18,19)20/h2-9,21H,1H3,(H,22,23). The number of aromatic amines is 1. The smallest absolute Gasteiger partial charge is 0.416 e. The molecule has 0 bridgehead atoms. The van der Waals surface area contributed by atoms with Crippen LogP contribution in [0.25, 0.3) is 10.9 Å². The molecule has 0 fully saturated rings. The summed E-state index contributed by atoms with van der Waals surface area (Å²) in [6.45, 7) is 0. The Kier molecular flexibility index (Phi) is 3.92. The average Bonchev–Trinajstić information content (AvgIpc) is 2.97. The van der Waals surface area contributed by atoms with Crippen LogP contribution in [-0.4, -0.2) is 18.0 Å². The van der Waals surface area contributed by atoms with E-state index in [1.165, 1.54) is 25.4 Å². The summed E-state index contributed by atoms with van der Waals surface area (Å²) in [5.41, 5.74) is 0.305. The summed E-state index contributed by atoms with van der Waals surface area (Å²) in [5, 5.41) is 3.11. The number of carbonyl (C=O) groups excluding carboxylic acids is 1. The van der Waals surface area contributed by atoms with E-state index >= 15 is 0 Å². The number of ether oxygens (including phenoxy) is 1. The average molecular weight is 334 g/mol. The third kappa shape index (κ3) is 3.05. The molecule has 0 aliphatic heterocycles. The molecule has 0 saturated carbocycles. The minimum absolute atomic E-state index is 0.0760. The number of benzene rings is 2. The molecule has 1 aromatic heterocycles. The van der Waals surface area contributed by atoms with Gasteiger partial charge in [-0.1, -0.05) is 6.07 Å².